The maximum Gasteiger partial charge on any atom is 0.346 e. The van der Waals surface area contributed by atoms with Crippen molar-refractivity contribution in [1.82, 2.24) is 4.98 Å². The van der Waals surface area contributed by atoms with Crippen LogP contribution in [0.2, 0.25) is 5.15 Å². The Balaban J connectivity index is 2.47. The molecular formula is C10H5ClN2O5S. The summed E-state index contributed by atoms with van der Waals surface area (Å²) < 4.78 is 5.22. The first-order valence-corrected chi connectivity index (χ1v) is 6.04. The third-order valence-corrected chi connectivity index (χ3v) is 3.11. The second-order valence-electron chi connectivity index (χ2n) is 3.25. The summed E-state index contributed by atoms with van der Waals surface area (Å²) in [6.07, 6.45) is 0. The molecule has 0 atom stereocenters. The van der Waals surface area contributed by atoms with E-state index in [-0.39, 0.29) is 16.1 Å². The summed E-state index contributed by atoms with van der Waals surface area (Å²) >= 11 is 6.66. The van der Waals surface area contributed by atoms with Crippen LogP contribution >= 0.6 is 22.9 Å². The van der Waals surface area contributed by atoms with Crippen LogP contribution in [0.25, 0.3) is 0 Å². The topological polar surface area (TPSA) is 103 Å². The lowest BCUT2D eigenvalue weighted by Crippen LogP contribution is -2.05. The molecule has 0 aliphatic carbocycles. The molecule has 1 aromatic heterocycles. The van der Waals surface area contributed by atoms with Gasteiger partial charge in [0, 0.05) is 11.4 Å². The van der Waals surface area contributed by atoms with Crippen LogP contribution in [0.15, 0.2) is 23.6 Å². The Morgan fingerprint density at radius 1 is 1.53 bits per heavy atom. The molecule has 0 fully saturated rings. The molecule has 1 heterocycles. The molecule has 1 N–H and O–H groups in total. The molecule has 0 radical (unpaired) electrons. The average molecular weight is 301 g/mol. The highest BCUT2D eigenvalue weighted by molar-refractivity contribution is 7.11. The minimum absolute atomic E-state index is 0.105. The monoisotopic (exact) mass is 300 g/mol. The molecule has 2 aromatic rings. The molecule has 7 nitrogen and oxygen atoms in total. The highest BCUT2D eigenvalue weighted by atomic mass is 35.5. The fourth-order valence-corrected chi connectivity index (χ4v) is 2.15. The molecule has 9 heteroatoms. The van der Waals surface area contributed by atoms with Crippen LogP contribution in [-0.2, 0) is 0 Å². The predicted molar refractivity (Wildman–Crippen MR) is 67.3 cm³/mol. The standard InChI is InChI=1S/C10H5ClN2O5S/c11-7-4-19-10(12-7)18-6-3-1-2-5(13(16)17)8(6)9(14)15/h1-4H,(H,14,15). The number of rotatable bonds is 4. The van der Waals surface area contributed by atoms with Crippen molar-refractivity contribution in [3.8, 4) is 10.9 Å². The number of carboxylic acid groups (broad SMARTS) is 1. The maximum absolute atomic E-state index is 11.1. The fraction of sp³-hybridized carbons (Fsp3) is 0. The third kappa shape index (κ3) is 2.80. The number of carbonyl (C=O) groups is 1. The Labute approximate surface area is 115 Å². The van der Waals surface area contributed by atoms with Gasteiger partial charge in [0.05, 0.1) is 4.92 Å². The maximum atomic E-state index is 11.1. The van der Waals surface area contributed by atoms with E-state index < -0.39 is 22.1 Å². The van der Waals surface area contributed by atoms with Crippen molar-refractivity contribution in [2.75, 3.05) is 0 Å². The van der Waals surface area contributed by atoms with Gasteiger partial charge in [-0.15, -0.1) is 0 Å². The number of hydrogen-bond donors (Lipinski definition) is 1. The number of carboxylic acids is 1. The van der Waals surface area contributed by atoms with Crippen LogP contribution in [0, 0.1) is 10.1 Å². The van der Waals surface area contributed by atoms with E-state index in [0.29, 0.717) is 0 Å². The number of nitro groups is 1. The molecule has 1 aromatic carbocycles. The van der Waals surface area contributed by atoms with Crippen molar-refractivity contribution < 1.29 is 19.6 Å². The summed E-state index contributed by atoms with van der Waals surface area (Å²) in [7, 11) is 0. The van der Waals surface area contributed by atoms with E-state index in [1.54, 1.807) is 0 Å². The zero-order valence-corrected chi connectivity index (χ0v) is 10.6. The van der Waals surface area contributed by atoms with Gasteiger partial charge in [0.1, 0.15) is 5.15 Å². The van der Waals surface area contributed by atoms with Crippen LogP contribution in [0.1, 0.15) is 10.4 Å². The number of thiazole rings is 1. The van der Waals surface area contributed by atoms with Gasteiger partial charge in [-0.1, -0.05) is 29.0 Å². The summed E-state index contributed by atoms with van der Waals surface area (Å²) in [6, 6.07) is 3.73. The minimum Gasteiger partial charge on any atom is -0.477 e. The van der Waals surface area contributed by atoms with Gasteiger partial charge in [-0.05, 0) is 6.07 Å². The highest BCUT2D eigenvalue weighted by Crippen LogP contribution is 2.33. The third-order valence-electron chi connectivity index (χ3n) is 2.07. The summed E-state index contributed by atoms with van der Waals surface area (Å²) in [5.41, 5.74) is -1.08. The Kier molecular flexibility index (Phi) is 3.63. The molecule has 0 saturated carbocycles. The lowest BCUT2D eigenvalue weighted by atomic mass is 10.1. The predicted octanol–water partition coefficient (Wildman–Crippen LogP) is 3.20. The summed E-state index contributed by atoms with van der Waals surface area (Å²) in [5.74, 6) is -1.61. The number of hydrogen-bond acceptors (Lipinski definition) is 6. The van der Waals surface area contributed by atoms with E-state index in [0.717, 1.165) is 17.4 Å². The van der Waals surface area contributed by atoms with E-state index >= 15 is 0 Å². The molecule has 0 aliphatic rings. The molecule has 0 aliphatic heterocycles. The van der Waals surface area contributed by atoms with Crippen molar-refractivity contribution in [3.05, 3.63) is 44.4 Å². The van der Waals surface area contributed by atoms with E-state index in [2.05, 4.69) is 4.98 Å². The van der Waals surface area contributed by atoms with Crippen molar-refractivity contribution in [2.24, 2.45) is 0 Å². The van der Waals surface area contributed by atoms with Gasteiger partial charge in [0.15, 0.2) is 11.3 Å². The normalized spacial score (nSPS) is 10.2. The SMILES string of the molecule is O=C(O)c1c(Oc2nc(Cl)cs2)cccc1[N+](=O)[O-]. The first-order chi connectivity index (χ1) is 8.99. The average Bonchev–Trinajstić information content (AvgIpc) is 2.74. The molecule has 0 amide bonds. The molecular weight excluding hydrogens is 296 g/mol. The summed E-state index contributed by atoms with van der Waals surface area (Å²) in [6.45, 7) is 0. The number of nitrogens with zero attached hydrogens (tertiary/aromatic N) is 2. The smallest absolute Gasteiger partial charge is 0.346 e. The molecule has 98 valence electrons. The number of aromatic nitrogens is 1. The molecule has 0 bridgehead atoms. The molecule has 19 heavy (non-hydrogen) atoms. The number of benzene rings is 1. The van der Waals surface area contributed by atoms with Gasteiger partial charge in [-0.2, -0.15) is 4.98 Å². The summed E-state index contributed by atoms with van der Waals surface area (Å²) in [4.78, 5) is 24.9. The fourth-order valence-electron chi connectivity index (χ4n) is 1.35. The zero-order valence-electron chi connectivity index (χ0n) is 9.07. The number of ether oxygens (including phenoxy) is 1. The van der Waals surface area contributed by atoms with Crippen molar-refractivity contribution in [1.29, 1.82) is 0 Å². The van der Waals surface area contributed by atoms with Gasteiger partial charge >= 0.3 is 5.97 Å². The van der Waals surface area contributed by atoms with Crippen LogP contribution in [0.5, 0.6) is 10.9 Å². The van der Waals surface area contributed by atoms with Gasteiger partial charge in [0.2, 0.25) is 0 Å². The number of nitro benzene ring substituents is 1. The molecule has 0 unspecified atom stereocenters. The van der Waals surface area contributed by atoms with Gasteiger partial charge in [0.25, 0.3) is 10.9 Å². The Morgan fingerprint density at radius 2 is 2.26 bits per heavy atom. The van der Waals surface area contributed by atoms with E-state index in [4.69, 9.17) is 21.4 Å². The Bertz CT molecular complexity index is 657. The first-order valence-electron chi connectivity index (χ1n) is 4.78. The second-order valence-corrected chi connectivity index (χ2v) is 4.46. The number of aromatic carboxylic acids is 1. The van der Waals surface area contributed by atoms with Crippen LogP contribution in [0.3, 0.4) is 0 Å². The van der Waals surface area contributed by atoms with Gasteiger partial charge in [-0.3, -0.25) is 10.1 Å². The number of halogens is 1. The second kappa shape index (κ2) is 5.21. The minimum atomic E-state index is -1.45. The zero-order chi connectivity index (χ0) is 14.0. The van der Waals surface area contributed by atoms with E-state index in [1.165, 1.54) is 17.5 Å². The van der Waals surface area contributed by atoms with Crippen LogP contribution in [-0.4, -0.2) is 21.0 Å². The molecule has 0 spiro atoms. The quantitative estimate of drug-likeness (QED) is 0.687. The van der Waals surface area contributed by atoms with Crippen LogP contribution in [0.4, 0.5) is 5.69 Å². The van der Waals surface area contributed by atoms with Crippen LogP contribution < -0.4 is 4.74 Å². The Morgan fingerprint density at radius 3 is 2.79 bits per heavy atom. The molecule has 2 rings (SSSR count). The first kappa shape index (κ1) is 13.2. The highest BCUT2D eigenvalue weighted by Gasteiger charge is 2.25. The van der Waals surface area contributed by atoms with Crippen molar-refractivity contribution in [3.63, 3.8) is 0 Å². The lowest BCUT2D eigenvalue weighted by Gasteiger charge is -2.05. The van der Waals surface area contributed by atoms with E-state index in [9.17, 15) is 14.9 Å². The van der Waals surface area contributed by atoms with Crippen molar-refractivity contribution >= 4 is 34.6 Å². The van der Waals surface area contributed by atoms with Gasteiger partial charge in [-0.25, -0.2) is 4.79 Å². The Hall–Kier alpha value is -2.19. The largest absolute Gasteiger partial charge is 0.477 e. The van der Waals surface area contributed by atoms with Crippen molar-refractivity contribution in [2.45, 2.75) is 0 Å². The summed E-state index contributed by atoms with van der Waals surface area (Å²) in [5, 5.41) is 21.6. The van der Waals surface area contributed by atoms with Gasteiger partial charge < -0.3 is 9.84 Å². The lowest BCUT2D eigenvalue weighted by molar-refractivity contribution is -0.385. The van der Waals surface area contributed by atoms with E-state index in [1.807, 2.05) is 0 Å². The molecule has 0 saturated heterocycles.